The molecule has 2 heterocycles. The Balaban J connectivity index is 0.00000300. The van der Waals surface area contributed by atoms with Crippen molar-refractivity contribution in [1.29, 1.82) is 0 Å². The van der Waals surface area contributed by atoms with Crippen LogP contribution in [-0.4, -0.2) is 81.0 Å². The molecule has 1 aromatic rings. The van der Waals surface area contributed by atoms with Crippen LogP contribution in [0, 0.1) is 5.92 Å². The van der Waals surface area contributed by atoms with Crippen molar-refractivity contribution in [1.82, 2.24) is 15.1 Å². The van der Waals surface area contributed by atoms with Crippen molar-refractivity contribution in [3.8, 4) is 0 Å². The van der Waals surface area contributed by atoms with Gasteiger partial charge in [-0.1, -0.05) is 44.2 Å². The second-order valence-corrected chi connectivity index (χ2v) is 8.11. The number of likely N-dealkylation sites (tertiary alicyclic amines) is 1. The van der Waals surface area contributed by atoms with E-state index in [1.807, 2.05) is 7.05 Å². The lowest BCUT2D eigenvalue weighted by molar-refractivity contribution is -0.0502. The van der Waals surface area contributed by atoms with Gasteiger partial charge in [0.2, 0.25) is 0 Å². The van der Waals surface area contributed by atoms with E-state index in [0.29, 0.717) is 18.6 Å². The molecule has 2 fully saturated rings. The number of nitrogens with zero attached hydrogens (tertiary/aromatic N) is 3. The number of ether oxygens (including phenoxy) is 2. The zero-order valence-corrected chi connectivity index (χ0v) is 20.4. The van der Waals surface area contributed by atoms with Gasteiger partial charge in [0.05, 0.1) is 25.4 Å². The minimum atomic E-state index is 0. The van der Waals surface area contributed by atoms with E-state index >= 15 is 0 Å². The van der Waals surface area contributed by atoms with Crippen LogP contribution in [0.4, 0.5) is 0 Å². The zero-order chi connectivity index (χ0) is 19.8. The van der Waals surface area contributed by atoms with Crippen LogP contribution in [0.2, 0.25) is 0 Å². The van der Waals surface area contributed by atoms with Crippen molar-refractivity contribution in [2.75, 3.05) is 53.0 Å². The molecule has 1 N–H and O–H groups in total. The predicted octanol–water partition coefficient (Wildman–Crippen LogP) is 2.83. The van der Waals surface area contributed by atoms with Gasteiger partial charge in [-0.05, 0) is 17.9 Å². The third-order valence-electron chi connectivity index (χ3n) is 5.53. The fraction of sp³-hybridized carbons (Fsp3) is 0.682. The fourth-order valence-corrected chi connectivity index (χ4v) is 3.93. The van der Waals surface area contributed by atoms with E-state index in [2.05, 4.69) is 64.3 Å². The van der Waals surface area contributed by atoms with Gasteiger partial charge >= 0.3 is 0 Å². The van der Waals surface area contributed by atoms with Crippen LogP contribution < -0.4 is 5.32 Å². The number of guanidine groups is 1. The highest BCUT2D eigenvalue weighted by Gasteiger charge is 2.41. The van der Waals surface area contributed by atoms with E-state index in [9.17, 15) is 0 Å². The van der Waals surface area contributed by atoms with Crippen molar-refractivity contribution in [2.24, 2.45) is 10.9 Å². The SMILES string of the molecule is CN=C(NCCOCCC(C)C)N1CC2OCCN(Cc3ccccc3)C2C1.I. The molecular weight excluding hydrogens is 479 g/mol. The summed E-state index contributed by atoms with van der Waals surface area (Å²) < 4.78 is 11.8. The average Bonchev–Trinajstić information content (AvgIpc) is 3.13. The summed E-state index contributed by atoms with van der Waals surface area (Å²) in [5.74, 6) is 1.64. The molecule has 3 rings (SSSR count). The summed E-state index contributed by atoms with van der Waals surface area (Å²) in [5.41, 5.74) is 1.36. The number of fused-ring (bicyclic) bond motifs is 1. The maximum atomic E-state index is 6.08. The van der Waals surface area contributed by atoms with Gasteiger partial charge in [0.25, 0.3) is 0 Å². The molecule has 2 aliphatic heterocycles. The minimum Gasteiger partial charge on any atom is -0.380 e. The molecule has 2 unspecified atom stereocenters. The Morgan fingerprint density at radius 1 is 1.24 bits per heavy atom. The Kier molecular flexibility index (Phi) is 10.7. The largest absolute Gasteiger partial charge is 0.380 e. The summed E-state index contributed by atoms with van der Waals surface area (Å²) in [6.45, 7) is 11.4. The number of hydrogen-bond acceptors (Lipinski definition) is 4. The van der Waals surface area contributed by atoms with E-state index in [4.69, 9.17) is 9.47 Å². The molecule has 6 nitrogen and oxygen atoms in total. The first-order chi connectivity index (χ1) is 13.7. The van der Waals surface area contributed by atoms with Crippen LogP contribution in [0.5, 0.6) is 0 Å². The van der Waals surface area contributed by atoms with Gasteiger partial charge in [-0.3, -0.25) is 9.89 Å². The summed E-state index contributed by atoms with van der Waals surface area (Å²) >= 11 is 0. The molecule has 164 valence electrons. The van der Waals surface area contributed by atoms with Crippen LogP contribution in [0.25, 0.3) is 0 Å². The van der Waals surface area contributed by atoms with Gasteiger partial charge < -0.3 is 19.7 Å². The lowest BCUT2D eigenvalue weighted by Crippen LogP contribution is -2.50. The Morgan fingerprint density at radius 2 is 2.03 bits per heavy atom. The molecule has 0 spiro atoms. The smallest absolute Gasteiger partial charge is 0.193 e. The average molecular weight is 516 g/mol. The van der Waals surface area contributed by atoms with E-state index in [1.165, 1.54) is 5.56 Å². The van der Waals surface area contributed by atoms with Crippen molar-refractivity contribution in [3.05, 3.63) is 35.9 Å². The molecule has 2 saturated heterocycles. The van der Waals surface area contributed by atoms with Crippen LogP contribution in [-0.2, 0) is 16.0 Å². The number of hydrogen-bond donors (Lipinski definition) is 1. The Bertz CT molecular complexity index is 614. The highest BCUT2D eigenvalue weighted by Crippen LogP contribution is 2.24. The molecule has 1 aromatic carbocycles. The molecule has 7 heteroatoms. The van der Waals surface area contributed by atoms with Crippen LogP contribution in [0.3, 0.4) is 0 Å². The van der Waals surface area contributed by atoms with Crippen LogP contribution >= 0.6 is 24.0 Å². The first-order valence-electron chi connectivity index (χ1n) is 10.6. The van der Waals surface area contributed by atoms with Crippen LogP contribution in [0.15, 0.2) is 35.3 Å². The van der Waals surface area contributed by atoms with Gasteiger partial charge in [0.1, 0.15) is 0 Å². The first kappa shape index (κ1) is 24.4. The number of halogens is 1. The molecule has 0 bridgehead atoms. The minimum absolute atomic E-state index is 0. The first-order valence-corrected chi connectivity index (χ1v) is 10.6. The monoisotopic (exact) mass is 516 g/mol. The topological polar surface area (TPSA) is 49.3 Å². The lowest BCUT2D eigenvalue weighted by atomic mass is 10.1. The molecule has 0 saturated carbocycles. The summed E-state index contributed by atoms with van der Waals surface area (Å²) in [4.78, 5) is 9.37. The van der Waals surface area contributed by atoms with Crippen LogP contribution in [0.1, 0.15) is 25.8 Å². The number of nitrogens with one attached hydrogen (secondary N) is 1. The third-order valence-corrected chi connectivity index (χ3v) is 5.53. The van der Waals surface area contributed by atoms with E-state index in [0.717, 1.165) is 58.3 Å². The Morgan fingerprint density at radius 3 is 2.76 bits per heavy atom. The third kappa shape index (κ3) is 7.38. The number of rotatable bonds is 8. The standard InChI is InChI=1S/C22H36N4O2.HI/c1-18(2)9-12-27-13-10-24-22(23-3)26-16-20-21(17-26)28-14-11-25(20)15-19-7-5-4-6-8-19;/h4-8,18,20-21H,9-17H2,1-3H3,(H,23,24);1H. The quantitative estimate of drug-likeness (QED) is 0.249. The normalized spacial score (nSPS) is 22.5. The Hall–Kier alpha value is -0.900. The second kappa shape index (κ2) is 12.7. The van der Waals surface area contributed by atoms with Crippen molar-refractivity contribution in [3.63, 3.8) is 0 Å². The van der Waals surface area contributed by atoms with Gasteiger partial charge in [-0.15, -0.1) is 24.0 Å². The zero-order valence-electron chi connectivity index (χ0n) is 18.0. The van der Waals surface area contributed by atoms with Crippen molar-refractivity contribution < 1.29 is 9.47 Å². The summed E-state index contributed by atoms with van der Waals surface area (Å²) in [6.07, 6.45) is 1.36. The molecule has 2 atom stereocenters. The molecule has 2 aliphatic rings. The van der Waals surface area contributed by atoms with E-state index in [-0.39, 0.29) is 30.1 Å². The van der Waals surface area contributed by atoms with Gasteiger partial charge in [0.15, 0.2) is 5.96 Å². The van der Waals surface area contributed by atoms with Gasteiger partial charge in [-0.2, -0.15) is 0 Å². The number of benzene rings is 1. The maximum Gasteiger partial charge on any atom is 0.193 e. The van der Waals surface area contributed by atoms with Crippen molar-refractivity contribution >= 4 is 29.9 Å². The number of aliphatic imine (C=N–C) groups is 1. The molecule has 0 amide bonds. The molecule has 0 radical (unpaired) electrons. The lowest BCUT2D eigenvalue weighted by Gasteiger charge is -2.36. The molecular formula is C22H37IN4O2. The van der Waals surface area contributed by atoms with Gasteiger partial charge in [-0.25, -0.2) is 0 Å². The highest BCUT2D eigenvalue weighted by atomic mass is 127. The van der Waals surface area contributed by atoms with Gasteiger partial charge in [0, 0.05) is 46.4 Å². The number of morpholine rings is 1. The summed E-state index contributed by atoms with van der Waals surface area (Å²) in [6, 6.07) is 11.1. The Labute approximate surface area is 193 Å². The molecule has 0 aromatic heterocycles. The summed E-state index contributed by atoms with van der Waals surface area (Å²) in [7, 11) is 1.85. The van der Waals surface area contributed by atoms with E-state index in [1.54, 1.807) is 0 Å². The maximum absolute atomic E-state index is 6.08. The summed E-state index contributed by atoms with van der Waals surface area (Å²) in [5, 5.41) is 3.45. The second-order valence-electron chi connectivity index (χ2n) is 8.11. The molecule has 0 aliphatic carbocycles. The van der Waals surface area contributed by atoms with Crippen molar-refractivity contribution in [2.45, 2.75) is 39.0 Å². The molecule has 29 heavy (non-hydrogen) atoms. The fourth-order valence-electron chi connectivity index (χ4n) is 3.93. The highest BCUT2D eigenvalue weighted by molar-refractivity contribution is 14.0. The van der Waals surface area contributed by atoms with E-state index < -0.39 is 0 Å². The predicted molar refractivity (Wildman–Crippen MR) is 129 cm³/mol.